The van der Waals surface area contributed by atoms with E-state index in [0.717, 1.165) is 31.5 Å². The summed E-state index contributed by atoms with van der Waals surface area (Å²) in [6.07, 6.45) is 3.39. The first kappa shape index (κ1) is 8.30. The number of hydrogen-bond acceptors (Lipinski definition) is 2. The lowest BCUT2D eigenvalue weighted by atomic mass is 10.1. The zero-order valence-corrected chi connectivity index (χ0v) is 7.45. The number of ether oxygens (including phenoxy) is 1. The zero-order valence-electron chi connectivity index (χ0n) is 7.45. The van der Waals surface area contributed by atoms with Gasteiger partial charge in [-0.15, -0.1) is 0 Å². The molecular formula is C11H12O2. The van der Waals surface area contributed by atoms with Gasteiger partial charge < -0.3 is 9.53 Å². The molecule has 1 aromatic carbocycles. The molecule has 13 heavy (non-hydrogen) atoms. The van der Waals surface area contributed by atoms with Gasteiger partial charge in [0.2, 0.25) is 0 Å². The van der Waals surface area contributed by atoms with Gasteiger partial charge in [-0.3, -0.25) is 0 Å². The summed E-state index contributed by atoms with van der Waals surface area (Å²) in [5.41, 5.74) is 2.47. The lowest BCUT2D eigenvalue weighted by molar-refractivity contribution is -0.107. The number of rotatable bonds is 3. The van der Waals surface area contributed by atoms with E-state index >= 15 is 0 Å². The van der Waals surface area contributed by atoms with E-state index in [1.54, 1.807) is 0 Å². The van der Waals surface area contributed by atoms with Crippen molar-refractivity contribution in [3.63, 3.8) is 0 Å². The van der Waals surface area contributed by atoms with E-state index in [0.29, 0.717) is 6.42 Å². The van der Waals surface area contributed by atoms with Crippen molar-refractivity contribution in [1.82, 2.24) is 0 Å². The molecule has 0 saturated carbocycles. The summed E-state index contributed by atoms with van der Waals surface area (Å²) in [5, 5.41) is 0. The van der Waals surface area contributed by atoms with E-state index in [9.17, 15) is 4.79 Å². The van der Waals surface area contributed by atoms with Crippen LogP contribution in [-0.2, 0) is 17.6 Å². The summed E-state index contributed by atoms with van der Waals surface area (Å²) in [4.78, 5) is 10.2. The Morgan fingerprint density at radius 1 is 1.46 bits per heavy atom. The maximum absolute atomic E-state index is 10.2. The van der Waals surface area contributed by atoms with Gasteiger partial charge in [0.05, 0.1) is 6.61 Å². The van der Waals surface area contributed by atoms with Gasteiger partial charge in [-0.2, -0.15) is 0 Å². The van der Waals surface area contributed by atoms with Gasteiger partial charge in [-0.1, -0.05) is 12.1 Å². The van der Waals surface area contributed by atoms with Crippen molar-refractivity contribution in [2.75, 3.05) is 6.61 Å². The Bertz CT molecular complexity index is 318. The molecule has 1 aromatic rings. The van der Waals surface area contributed by atoms with Gasteiger partial charge in [-0.25, -0.2) is 0 Å². The molecule has 0 amide bonds. The zero-order chi connectivity index (χ0) is 9.10. The van der Waals surface area contributed by atoms with Crippen molar-refractivity contribution in [1.29, 1.82) is 0 Å². The summed E-state index contributed by atoms with van der Waals surface area (Å²) < 4.78 is 5.43. The van der Waals surface area contributed by atoms with Crippen molar-refractivity contribution < 1.29 is 9.53 Å². The van der Waals surface area contributed by atoms with Crippen LogP contribution in [0.5, 0.6) is 5.75 Å². The lowest BCUT2D eigenvalue weighted by Gasteiger charge is -2.01. The van der Waals surface area contributed by atoms with Crippen LogP contribution in [0.25, 0.3) is 0 Å². The Labute approximate surface area is 77.5 Å². The molecular weight excluding hydrogens is 164 g/mol. The van der Waals surface area contributed by atoms with Crippen LogP contribution in [0.3, 0.4) is 0 Å². The van der Waals surface area contributed by atoms with Crippen LogP contribution in [0.2, 0.25) is 0 Å². The van der Waals surface area contributed by atoms with Crippen molar-refractivity contribution in [2.24, 2.45) is 0 Å². The second-order valence-electron chi connectivity index (χ2n) is 3.25. The molecule has 0 bridgehead atoms. The summed E-state index contributed by atoms with van der Waals surface area (Å²) in [7, 11) is 0. The predicted octanol–water partition coefficient (Wildman–Crippen LogP) is 1.75. The van der Waals surface area contributed by atoms with Gasteiger partial charge in [0.1, 0.15) is 12.0 Å². The average Bonchev–Trinajstić information content (AvgIpc) is 2.61. The number of aldehydes is 1. The van der Waals surface area contributed by atoms with E-state index in [1.807, 2.05) is 6.07 Å². The largest absolute Gasteiger partial charge is 0.493 e. The van der Waals surface area contributed by atoms with Gasteiger partial charge in [0.25, 0.3) is 0 Å². The number of fused-ring (bicyclic) bond motifs is 1. The van der Waals surface area contributed by atoms with Crippen LogP contribution in [0, 0.1) is 0 Å². The van der Waals surface area contributed by atoms with Crippen molar-refractivity contribution in [3.8, 4) is 5.75 Å². The number of carbonyl (C=O) groups is 1. The minimum Gasteiger partial charge on any atom is -0.493 e. The molecule has 1 heterocycles. The van der Waals surface area contributed by atoms with Crippen LogP contribution in [-0.4, -0.2) is 12.9 Å². The molecule has 0 atom stereocenters. The quantitative estimate of drug-likeness (QED) is 0.656. The minimum atomic E-state index is 0.596. The highest BCUT2D eigenvalue weighted by atomic mass is 16.5. The summed E-state index contributed by atoms with van der Waals surface area (Å²) in [6.45, 7) is 0.798. The molecule has 0 saturated heterocycles. The number of aryl methyl sites for hydroxylation is 1. The monoisotopic (exact) mass is 176 g/mol. The standard InChI is InChI=1S/C11H12O2/c12-6-1-2-9-3-4-10-5-7-13-11(10)8-9/h3-4,6,8H,1-2,5,7H2. The smallest absolute Gasteiger partial charge is 0.122 e. The molecule has 2 rings (SSSR count). The normalized spacial score (nSPS) is 13.5. The molecule has 0 aromatic heterocycles. The Balaban J connectivity index is 2.16. The first-order chi connectivity index (χ1) is 6.40. The van der Waals surface area contributed by atoms with Gasteiger partial charge in [0, 0.05) is 12.8 Å². The van der Waals surface area contributed by atoms with Crippen molar-refractivity contribution in [2.45, 2.75) is 19.3 Å². The Morgan fingerprint density at radius 3 is 3.23 bits per heavy atom. The van der Waals surface area contributed by atoms with Gasteiger partial charge in [-0.05, 0) is 23.6 Å². The van der Waals surface area contributed by atoms with Crippen LogP contribution in [0.15, 0.2) is 18.2 Å². The first-order valence-corrected chi connectivity index (χ1v) is 4.58. The predicted molar refractivity (Wildman–Crippen MR) is 50.0 cm³/mol. The number of carbonyl (C=O) groups excluding carboxylic acids is 1. The Kier molecular flexibility index (Phi) is 2.30. The van der Waals surface area contributed by atoms with Crippen LogP contribution < -0.4 is 4.74 Å². The third kappa shape index (κ3) is 1.72. The van der Waals surface area contributed by atoms with E-state index in [2.05, 4.69) is 12.1 Å². The fraction of sp³-hybridized carbons (Fsp3) is 0.364. The maximum atomic E-state index is 10.2. The second kappa shape index (κ2) is 3.60. The SMILES string of the molecule is O=CCCc1ccc2c(c1)OCC2. The fourth-order valence-electron chi connectivity index (χ4n) is 1.59. The number of benzene rings is 1. The van der Waals surface area contributed by atoms with Crippen molar-refractivity contribution >= 4 is 6.29 Å². The highest BCUT2D eigenvalue weighted by Gasteiger charge is 2.11. The van der Waals surface area contributed by atoms with Crippen molar-refractivity contribution in [3.05, 3.63) is 29.3 Å². The number of hydrogen-bond donors (Lipinski definition) is 0. The Morgan fingerprint density at radius 2 is 2.38 bits per heavy atom. The van der Waals surface area contributed by atoms with Crippen LogP contribution in [0.4, 0.5) is 0 Å². The summed E-state index contributed by atoms with van der Waals surface area (Å²) in [5.74, 6) is 1.00. The molecule has 0 fully saturated rings. The van der Waals surface area contributed by atoms with Crippen LogP contribution in [0.1, 0.15) is 17.5 Å². The van der Waals surface area contributed by atoms with E-state index in [1.165, 1.54) is 11.1 Å². The van der Waals surface area contributed by atoms with Gasteiger partial charge >= 0.3 is 0 Å². The van der Waals surface area contributed by atoms with E-state index in [4.69, 9.17) is 4.74 Å². The van der Waals surface area contributed by atoms with E-state index < -0.39 is 0 Å². The second-order valence-corrected chi connectivity index (χ2v) is 3.25. The molecule has 1 aliphatic rings. The molecule has 0 unspecified atom stereocenters. The third-order valence-corrected chi connectivity index (χ3v) is 2.31. The summed E-state index contributed by atoms with van der Waals surface area (Å²) >= 11 is 0. The maximum Gasteiger partial charge on any atom is 0.122 e. The molecule has 0 N–H and O–H groups in total. The highest BCUT2D eigenvalue weighted by Crippen LogP contribution is 2.26. The molecule has 68 valence electrons. The topological polar surface area (TPSA) is 26.3 Å². The highest BCUT2D eigenvalue weighted by molar-refractivity contribution is 5.50. The Hall–Kier alpha value is -1.31. The first-order valence-electron chi connectivity index (χ1n) is 4.58. The fourth-order valence-corrected chi connectivity index (χ4v) is 1.59. The third-order valence-electron chi connectivity index (χ3n) is 2.31. The molecule has 0 aliphatic carbocycles. The molecule has 0 spiro atoms. The van der Waals surface area contributed by atoms with Crippen LogP contribution >= 0.6 is 0 Å². The average molecular weight is 176 g/mol. The lowest BCUT2D eigenvalue weighted by Crippen LogP contribution is -1.88. The van der Waals surface area contributed by atoms with Gasteiger partial charge in [0.15, 0.2) is 0 Å². The minimum absolute atomic E-state index is 0.596. The molecule has 1 aliphatic heterocycles. The molecule has 2 heteroatoms. The molecule has 2 nitrogen and oxygen atoms in total. The molecule has 0 radical (unpaired) electrons. The van der Waals surface area contributed by atoms with E-state index in [-0.39, 0.29) is 0 Å². The summed E-state index contributed by atoms with van der Waals surface area (Å²) in [6, 6.07) is 6.23.